The van der Waals surface area contributed by atoms with Crippen molar-refractivity contribution in [3.63, 3.8) is 0 Å². The van der Waals surface area contributed by atoms with Gasteiger partial charge >= 0.3 is 0 Å². The van der Waals surface area contributed by atoms with E-state index in [1.54, 1.807) is 22.3 Å². The van der Waals surface area contributed by atoms with Crippen LogP contribution in [0.15, 0.2) is 103 Å². The molecule has 2 heteroatoms. The van der Waals surface area contributed by atoms with Crippen LogP contribution in [0.25, 0.3) is 0 Å². The minimum absolute atomic E-state index is 0. The molecule has 2 aliphatic rings. The van der Waals surface area contributed by atoms with Crippen molar-refractivity contribution in [2.24, 2.45) is 0 Å². The Morgan fingerprint density at radius 1 is 0.605 bits per heavy atom. The Hall–Kier alpha value is -2.21. The minimum atomic E-state index is -1.97. The van der Waals surface area contributed by atoms with Crippen molar-refractivity contribution in [1.29, 1.82) is 0 Å². The second-order valence-corrected chi connectivity index (χ2v) is 16.1. The minimum Gasteiger partial charge on any atom is -1.00 e. The number of hydrogen-bond acceptors (Lipinski definition) is 0. The van der Waals surface area contributed by atoms with E-state index >= 15 is 0 Å². The van der Waals surface area contributed by atoms with Crippen molar-refractivity contribution in [2.75, 3.05) is 0 Å². The van der Waals surface area contributed by atoms with Crippen molar-refractivity contribution in [3.05, 3.63) is 125 Å². The molecule has 0 nitrogen and oxygen atoms in total. The van der Waals surface area contributed by atoms with Gasteiger partial charge in [0, 0.05) is 0 Å². The lowest BCUT2D eigenvalue weighted by atomic mass is 9.62. The van der Waals surface area contributed by atoms with Crippen LogP contribution in [-0.2, 0) is 17.3 Å². The Labute approximate surface area is 241 Å². The van der Waals surface area contributed by atoms with Gasteiger partial charge in [-0.1, -0.05) is 94.4 Å². The van der Waals surface area contributed by atoms with Crippen LogP contribution in [0.4, 0.5) is 0 Å². The first-order valence-corrected chi connectivity index (χ1v) is 15.9. The molecule has 4 aromatic carbocycles. The van der Waals surface area contributed by atoms with Crippen molar-refractivity contribution in [1.82, 2.24) is 0 Å². The third kappa shape index (κ3) is 4.41. The summed E-state index contributed by atoms with van der Waals surface area (Å²) in [4.78, 5) is 0. The molecule has 0 heterocycles. The van der Waals surface area contributed by atoms with Gasteiger partial charge in [-0.3, -0.25) is 0 Å². The standard InChI is InChI=1S/C36H40P.BrH/c1-35(2)23-24-36(3,4)33-26-31-27(25-32(33)35)15-14-22-34(31)37(28-16-8-5-9-17-28,29-18-10-6-11-19-29)30-20-12-7-13-21-30;/h5-13,16-21,25-26,34H,14-15,22-24H2,1-4H3;1H/q+1;/p-1. The molecule has 0 fully saturated rings. The zero-order chi connectivity index (χ0) is 25.7. The lowest BCUT2D eigenvalue weighted by molar-refractivity contribution is -0.00000781. The first kappa shape index (κ1) is 27.4. The SMILES string of the molecule is CC1(C)CCC(C)(C)c2cc3c(cc21)CCCC3[P+](c1ccccc1)(c1ccccc1)c1ccccc1.[Br-]. The molecule has 0 spiro atoms. The van der Waals surface area contributed by atoms with Crippen LogP contribution in [0, 0.1) is 0 Å². The van der Waals surface area contributed by atoms with Gasteiger partial charge in [-0.2, -0.15) is 0 Å². The third-order valence-corrected chi connectivity index (χ3v) is 14.2. The Kier molecular flexibility index (Phi) is 7.49. The summed E-state index contributed by atoms with van der Waals surface area (Å²) < 4.78 is 0. The second kappa shape index (κ2) is 10.4. The molecule has 1 atom stereocenters. The molecule has 6 rings (SSSR count). The maximum absolute atomic E-state index is 2.69. The molecule has 0 aromatic heterocycles. The number of fused-ring (bicyclic) bond motifs is 2. The summed E-state index contributed by atoms with van der Waals surface area (Å²) in [6.45, 7) is 9.87. The van der Waals surface area contributed by atoms with E-state index in [0.717, 1.165) is 0 Å². The Morgan fingerprint density at radius 2 is 1.03 bits per heavy atom. The molecule has 0 N–H and O–H groups in total. The normalized spacial score (nSPS) is 19.5. The molecule has 0 saturated heterocycles. The topological polar surface area (TPSA) is 0 Å². The quantitative estimate of drug-likeness (QED) is 0.282. The molecule has 0 aliphatic heterocycles. The summed E-state index contributed by atoms with van der Waals surface area (Å²) in [6.07, 6.45) is 6.22. The van der Waals surface area contributed by atoms with Crippen molar-refractivity contribution in [3.8, 4) is 0 Å². The van der Waals surface area contributed by atoms with Crippen LogP contribution in [0.2, 0.25) is 0 Å². The molecule has 4 aromatic rings. The van der Waals surface area contributed by atoms with Gasteiger partial charge in [0.1, 0.15) is 28.8 Å². The fraction of sp³-hybridized carbons (Fsp3) is 0.333. The maximum Gasteiger partial charge on any atom is 0.119 e. The van der Waals surface area contributed by atoms with Crippen molar-refractivity contribution >= 4 is 23.2 Å². The monoisotopic (exact) mass is 582 g/mol. The molecular formula is C36H40BrP. The van der Waals surface area contributed by atoms with Gasteiger partial charge in [-0.05, 0) is 102 Å². The Morgan fingerprint density at radius 3 is 1.47 bits per heavy atom. The highest BCUT2D eigenvalue weighted by molar-refractivity contribution is 7.96. The first-order valence-electron chi connectivity index (χ1n) is 14.1. The molecule has 1 unspecified atom stereocenters. The van der Waals surface area contributed by atoms with Crippen molar-refractivity contribution in [2.45, 2.75) is 76.3 Å². The van der Waals surface area contributed by atoms with Gasteiger partial charge in [-0.25, -0.2) is 0 Å². The van der Waals surface area contributed by atoms with Crippen LogP contribution in [0.5, 0.6) is 0 Å². The van der Waals surface area contributed by atoms with Gasteiger partial charge in [0.2, 0.25) is 0 Å². The van der Waals surface area contributed by atoms with E-state index in [2.05, 4.69) is 131 Å². The average molecular weight is 584 g/mol. The van der Waals surface area contributed by atoms with E-state index in [1.807, 2.05) is 0 Å². The predicted octanol–water partition coefficient (Wildman–Crippen LogP) is 5.41. The van der Waals surface area contributed by atoms with Crippen LogP contribution >= 0.6 is 7.26 Å². The third-order valence-electron chi connectivity index (χ3n) is 9.35. The van der Waals surface area contributed by atoms with Crippen LogP contribution in [0.1, 0.15) is 81.3 Å². The average Bonchev–Trinajstić information content (AvgIpc) is 2.93. The Bertz CT molecular complexity index is 1290. The van der Waals surface area contributed by atoms with Gasteiger partial charge in [-0.15, -0.1) is 0 Å². The number of rotatable bonds is 4. The van der Waals surface area contributed by atoms with E-state index in [4.69, 9.17) is 0 Å². The number of benzene rings is 4. The summed E-state index contributed by atoms with van der Waals surface area (Å²) in [5, 5.41) is 4.51. The highest BCUT2D eigenvalue weighted by Crippen LogP contribution is 2.70. The molecule has 196 valence electrons. The summed E-state index contributed by atoms with van der Waals surface area (Å²) >= 11 is 0. The van der Waals surface area contributed by atoms with E-state index in [0.29, 0.717) is 5.66 Å². The molecule has 0 bridgehead atoms. The highest BCUT2D eigenvalue weighted by Gasteiger charge is 2.54. The fourth-order valence-electron chi connectivity index (χ4n) is 7.22. The molecule has 0 radical (unpaired) electrons. The highest BCUT2D eigenvalue weighted by atomic mass is 79.9. The van der Waals surface area contributed by atoms with Crippen LogP contribution in [-0.4, -0.2) is 0 Å². The van der Waals surface area contributed by atoms with Gasteiger partial charge in [0.05, 0.1) is 0 Å². The maximum atomic E-state index is 2.69. The number of halogens is 1. The largest absolute Gasteiger partial charge is 1.00 e. The fourth-order valence-corrected chi connectivity index (χ4v) is 12.4. The van der Waals surface area contributed by atoms with E-state index in [1.165, 1.54) is 48.0 Å². The number of aryl methyl sites for hydroxylation is 1. The second-order valence-electron chi connectivity index (χ2n) is 12.5. The van der Waals surface area contributed by atoms with Gasteiger partial charge in [0.25, 0.3) is 0 Å². The molecule has 0 saturated carbocycles. The van der Waals surface area contributed by atoms with Crippen LogP contribution < -0.4 is 32.9 Å². The van der Waals surface area contributed by atoms with Gasteiger partial charge in [0.15, 0.2) is 0 Å². The Balaban J connectivity index is 0.00000294. The molecule has 38 heavy (non-hydrogen) atoms. The summed E-state index contributed by atoms with van der Waals surface area (Å²) in [5.74, 6) is 0. The predicted molar refractivity (Wildman–Crippen MR) is 163 cm³/mol. The summed E-state index contributed by atoms with van der Waals surface area (Å²) in [7, 11) is -1.97. The number of hydrogen-bond donors (Lipinski definition) is 0. The molecular weight excluding hydrogens is 543 g/mol. The van der Waals surface area contributed by atoms with Crippen LogP contribution in [0.3, 0.4) is 0 Å². The van der Waals surface area contributed by atoms with Gasteiger partial charge < -0.3 is 17.0 Å². The lowest BCUT2D eigenvalue weighted by Gasteiger charge is -2.44. The van der Waals surface area contributed by atoms with E-state index in [-0.39, 0.29) is 27.8 Å². The zero-order valence-electron chi connectivity index (χ0n) is 23.3. The smallest absolute Gasteiger partial charge is 0.119 e. The van der Waals surface area contributed by atoms with Crippen molar-refractivity contribution < 1.29 is 17.0 Å². The summed E-state index contributed by atoms with van der Waals surface area (Å²) in [5.41, 5.74) is 7.38. The summed E-state index contributed by atoms with van der Waals surface area (Å²) in [6, 6.07) is 39.8. The first-order chi connectivity index (χ1) is 17.8. The van der Waals surface area contributed by atoms with E-state index in [9.17, 15) is 0 Å². The van der Waals surface area contributed by atoms with E-state index < -0.39 is 7.26 Å². The lowest BCUT2D eigenvalue weighted by Crippen LogP contribution is -3.00. The molecule has 0 amide bonds. The molecule has 2 aliphatic carbocycles. The zero-order valence-corrected chi connectivity index (χ0v) is 25.7.